The second-order valence-electron chi connectivity index (χ2n) is 9.71. The number of carbonyl (C=O) groups excluding carboxylic acids is 1. The van der Waals surface area contributed by atoms with Crippen LogP contribution in [-0.2, 0) is 24.8 Å². The van der Waals surface area contributed by atoms with Gasteiger partial charge in [-0.05, 0) is 75.4 Å². The van der Waals surface area contributed by atoms with Crippen molar-refractivity contribution in [1.82, 2.24) is 25.0 Å². The number of nitrogens with one attached hydrogen (secondary N) is 1. The number of hydrogen-bond donors (Lipinski definition) is 1. The van der Waals surface area contributed by atoms with Crippen LogP contribution in [0.5, 0.6) is 0 Å². The minimum atomic E-state index is -0.434. The molecule has 1 aromatic carbocycles. The van der Waals surface area contributed by atoms with Crippen LogP contribution in [0.3, 0.4) is 0 Å². The molecule has 1 saturated heterocycles. The molecule has 0 radical (unpaired) electrons. The molecule has 3 heterocycles. The van der Waals surface area contributed by atoms with Gasteiger partial charge in [0.05, 0.1) is 11.6 Å². The Kier molecular flexibility index (Phi) is 6.94. The molecule has 0 unspecified atom stereocenters. The maximum atomic E-state index is 13.5. The van der Waals surface area contributed by atoms with Crippen LogP contribution in [0.25, 0.3) is 11.1 Å². The smallest absolute Gasteiger partial charge is 0.228 e. The van der Waals surface area contributed by atoms with Crippen molar-refractivity contribution < 1.29 is 4.79 Å². The van der Waals surface area contributed by atoms with Gasteiger partial charge >= 0.3 is 0 Å². The van der Waals surface area contributed by atoms with E-state index in [9.17, 15) is 4.79 Å². The predicted molar refractivity (Wildman–Crippen MR) is 132 cm³/mol. The number of nitrogens with zero attached hydrogens (tertiary/aromatic N) is 4. The molecule has 6 nitrogen and oxygen atoms in total. The number of pyridine rings is 1. The van der Waals surface area contributed by atoms with Crippen molar-refractivity contribution in [3.63, 3.8) is 0 Å². The summed E-state index contributed by atoms with van der Waals surface area (Å²) in [6, 6.07) is 12.8. The number of carbonyl (C=O) groups is 1. The van der Waals surface area contributed by atoms with Crippen molar-refractivity contribution in [2.75, 3.05) is 13.1 Å². The Morgan fingerprint density at radius 3 is 2.45 bits per heavy atom. The number of aryl methyl sites for hydroxylation is 1. The third kappa shape index (κ3) is 5.33. The third-order valence-corrected chi connectivity index (χ3v) is 6.80. The Labute approximate surface area is 197 Å². The van der Waals surface area contributed by atoms with Gasteiger partial charge in [0.2, 0.25) is 5.91 Å². The maximum absolute atomic E-state index is 13.5. The van der Waals surface area contributed by atoms with Crippen molar-refractivity contribution in [3.8, 4) is 11.1 Å². The Morgan fingerprint density at radius 1 is 1.12 bits per heavy atom. The Bertz CT molecular complexity index is 1070. The van der Waals surface area contributed by atoms with Crippen LogP contribution in [0.4, 0.5) is 0 Å². The molecule has 0 saturated carbocycles. The van der Waals surface area contributed by atoms with Gasteiger partial charge in [-0.1, -0.05) is 24.3 Å². The van der Waals surface area contributed by atoms with Gasteiger partial charge in [-0.15, -0.1) is 0 Å². The highest BCUT2D eigenvalue weighted by Crippen LogP contribution is 2.36. The molecule has 174 valence electrons. The van der Waals surface area contributed by atoms with E-state index in [1.54, 1.807) is 0 Å². The summed E-state index contributed by atoms with van der Waals surface area (Å²) < 4.78 is 1.92. The Hall–Kier alpha value is -2.99. The molecule has 0 aliphatic carbocycles. The molecule has 1 N–H and O–H groups in total. The highest BCUT2D eigenvalue weighted by Gasteiger charge is 2.42. The Morgan fingerprint density at radius 2 is 1.82 bits per heavy atom. The van der Waals surface area contributed by atoms with Gasteiger partial charge in [0.25, 0.3) is 0 Å². The zero-order valence-electron chi connectivity index (χ0n) is 20.2. The van der Waals surface area contributed by atoms with E-state index in [1.165, 1.54) is 22.4 Å². The van der Waals surface area contributed by atoms with Gasteiger partial charge in [0.15, 0.2) is 0 Å². The zero-order valence-corrected chi connectivity index (χ0v) is 20.2. The lowest BCUT2D eigenvalue weighted by Crippen LogP contribution is -2.54. The van der Waals surface area contributed by atoms with Crippen LogP contribution in [-0.4, -0.2) is 44.7 Å². The van der Waals surface area contributed by atoms with Gasteiger partial charge in [-0.2, -0.15) is 5.10 Å². The van der Waals surface area contributed by atoms with Crippen LogP contribution in [0.2, 0.25) is 0 Å². The SMILES string of the molecule is Cc1c(CN2CCC[C@@](Cc3ccc(-c4ccncc4)cc3)(C(=O)NC(C)C)C2)cnn1C. The first kappa shape index (κ1) is 23.2. The standard InChI is InChI=1S/C27H35N5O/c1-20(2)30-26(33)27(12-5-15-32(19-27)18-25-17-29-31(4)21(25)3)16-22-6-8-23(9-7-22)24-10-13-28-14-11-24/h6-11,13-14,17,20H,5,12,15-16,18-19H2,1-4H3,(H,30,33)/t27-/m0/s1. The first-order valence-electron chi connectivity index (χ1n) is 11.9. The lowest BCUT2D eigenvalue weighted by atomic mass is 9.74. The number of benzene rings is 1. The average molecular weight is 446 g/mol. The lowest BCUT2D eigenvalue weighted by Gasteiger charge is -2.42. The van der Waals surface area contributed by atoms with E-state index in [1.807, 2.05) is 56.3 Å². The number of hydrogen-bond acceptors (Lipinski definition) is 4. The van der Waals surface area contributed by atoms with E-state index < -0.39 is 5.41 Å². The van der Waals surface area contributed by atoms with Gasteiger partial charge in [-0.3, -0.25) is 19.4 Å². The van der Waals surface area contributed by atoms with E-state index in [0.717, 1.165) is 44.5 Å². The van der Waals surface area contributed by atoms with Crippen molar-refractivity contribution in [3.05, 3.63) is 71.8 Å². The molecule has 4 rings (SSSR count). The van der Waals surface area contributed by atoms with Crippen molar-refractivity contribution >= 4 is 5.91 Å². The Balaban J connectivity index is 1.56. The molecule has 1 fully saturated rings. The summed E-state index contributed by atoms with van der Waals surface area (Å²) in [5.74, 6) is 0.170. The number of piperidine rings is 1. The summed E-state index contributed by atoms with van der Waals surface area (Å²) in [7, 11) is 1.98. The van der Waals surface area contributed by atoms with E-state index >= 15 is 0 Å². The fraction of sp³-hybridized carbons (Fsp3) is 0.444. The largest absolute Gasteiger partial charge is 0.353 e. The molecular weight excluding hydrogens is 410 g/mol. The quantitative estimate of drug-likeness (QED) is 0.594. The first-order chi connectivity index (χ1) is 15.9. The molecular formula is C27H35N5O. The molecule has 6 heteroatoms. The lowest BCUT2D eigenvalue weighted by molar-refractivity contribution is -0.135. The molecule has 2 aromatic heterocycles. The van der Waals surface area contributed by atoms with Crippen LogP contribution >= 0.6 is 0 Å². The summed E-state index contributed by atoms with van der Waals surface area (Å²) in [6.45, 7) is 8.77. The molecule has 1 aliphatic rings. The second-order valence-corrected chi connectivity index (χ2v) is 9.71. The van der Waals surface area contributed by atoms with Crippen LogP contribution in [0.15, 0.2) is 55.0 Å². The summed E-state index contributed by atoms with van der Waals surface area (Å²) in [6.07, 6.45) is 8.24. The van der Waals surface area contributed by atoms with E-state index in [-0.39, 0.29) is 11.9 Å². The summed E-state index contributed by atoms with van der Waals surface area (Å²) in [5.41, 5.74) is 5.50. The van der Waals surface area contributed by atoms with Crippen molar-refractivity contribution in [2.45, 2.75) is 52.6 Å². The molecule has 1 aliphatic heterocycles. The minimum Gasteiger partial charge on any atom is -0.353 e. The molecule has 0 bridgehead atoms. The number of aromatic nitrogens is 3. The average Bonchev–Trinajstić information content (AvgIpc) is 3.12. The van der Waals surface area contributed by atoms with E-state index in [4.69, 9.17) is 0 Å². The number of likely N-dealkylation sites (tertiary alicyclic amines) is 1. The molecule has 0 spiro atoms. The molecule has 1 amide bonds. The molecule has 33 heavy (non-hydrogen) atoms. The number of amides is 1. The van der Waals surface area contributed by atoms with Crippen molar-refractivity contribution in [2.24, 2.45) is 12.5 Å². The zero-order chi connectivity index (χ0) is 23.4. The monoisotopic (exact) mass is 445 g/mol. The fourth-order valence-electron chi connectivity index (χ4n) is 4.88. The summed E-state index contributed by atoms with van der Waals surface area (Å²) in [4.78, 5) is 20.1. The summed E-state index contributed by atoms with van der Waals surface area (Å²) in [5, 5.41) is 7.62. The predicted octanol–water partition coefficient (Wildman–Crippen LogP) is 4.14. The van der Waals surface area contributed by atoms with Gasteiger partial charge < -0.3 is 5.32 Å². The molecule has 1 atom stereocenters. The second kappa shape index (κ2) is 9.87. The van der Waals surface area contributed by atoms with Crippen molar-refractivity contribution in [1.29, 1.82) is 0 Å². The highest BCUT2D eigenvalue weighted by molar-refractivity contribution is 5.83. The number of rotatable bonds is 7. The highest BCUT2D eigenvalue weighted by atomic mass is 16.2. The topological polar surface area (TPSA) is 63.1 Å². The van der Waals surface area contributed by atoms with Crippen LogP contribution in [0.1, 0.15) is 43.5 Å². The van der Waals surface area contributed by atoms with Crippen LogP contribution < -0.4 is 5.32 Å². The van der Waals surface area contributed by atoms with Gasteiger partial charge in [-0.25, -0.2) is 0 Å². The fourth-order valence-corrected chi connectivity index (χ4v) is 4.88. The maximum Gasteiger partial charge on any atom is 0.228 e. The minimum absolute atomic E-state index is 0.124. The molecule has 3 aromatic rings. The van der Waals surface area contributed by atoms with E-state index in [0.29, 0.717) is 0 Å². The van der Waals surface area contributed by atoms with E-state index in [2.05, 4.69) is 51.5 Å². The third-order valence-electron chi connectivity index (χ3n) is 6.80. The van der Waals surface area contributed by atoms with Gasteiger partial charge in [0, 0.05) is 49.8 Å². The first-order valence-corrected chi connectivity index (χ1v) is 11.9. The normalized spacial score (nSPS) is 19.1. The summed E-state index contributed by atoms with van der Waals surface area (Å²) >= 11 is 0. The van der Waals surface area contributed by atoms with Gasteiger partial charge in [0.1, 0.15) is 0 Å². The van der Waals surface area contributed by atoms with Crippen LogP contribution in [0, 0.1) is 12.3 Å².